The van der Waals surface area contributed by atoms with Crippen LogP contribution in [0, 0.1) is 0 Å². The minimum absolute atomic E-state index is 0.0572. The summed E-state index contributed by atoms with van der Waals surface area (Å²) in [6.07, 6.45) is 2.41. The molecule has 3 aromatic rings. The van der Waals surface area contributed by atoms with Gasteiger partial charge in [0, 0.05) is 10.4 Å². The number of para-hydroxylation sites is 1. The molecule has 0 saturated heterocycles. The van der Waals surface area contributed by atoms with Gasteiger partial charge in [-0.2, -0.15) is 0 Å². The van der Waals surface area contributed by atoms with Crippen LogP contribution in [-0.2, 0) is 6.42 Å². The molecule has 0 spiro atoms. The van der Waals surface area contributed by atoms with Gasteiger partial charge in [-0.25, -0.2) is 4.98 Å². The van der Waals surface area contributed by atoms with E-state index in [-0.39, 0.29) is 6.10 Å². The smallest absolute Gasteiger partial charge is 0.187 e. The standard InChI is InChI=1S/C22H24N2O2S/c1-14(2)26-21-16(15-8-4-3-5-9-15)10-6-11-17(21)23-22-24-20-18(25)12-7-13-19(20)27-22/h3-6,8-11,14,18,25H,7,12-13H2,1-2H3,(H,23,24). The van der Waals surface area contributed by atoms with Crippen LogP contribution in [0.25, 0.3) is 11.1 Å². The van der Waals surface area contributed by atoms with Crippen molar-refractivity contribution in [1.82, 2.24) is 4.98 Å². The highest BCUT2D eigenvalue weighted by molar-refractivity contribution is 7.15. The Hall–Kier alpha value is -2.37. The van der Waals surface area contributed by atoms with Crippen LogP contribution in [0.15, 0.2) is 48.5 Å². The second-order valence-electron chi connectivity index (χ2n) is 7.08. The maximum atomic E-state index is 10.2. The predicted octanol–water partition coefficient (Wildman–Crippen LogP) is 5.71. The topological polar surface area (TPSA) is 54.4 Å². The Balaban J connectivity index is 1.72. The SMILES string of the molecule is CC(C)Oc1c(Nc2nc3c(s2)CCCC3O)cccc1-c1ccccc1. The number of rotatable bonds is 5. The molecule has 1 atom stereocenters. The van der Waals surface area contributed by atoms with E-state index in [4.69, 9.17) is 4.74 Å². The fourth-order valence-electron chi connectivity index (χ4n) is 3.41. The number of anilines is 2. The minimum atomic E-state index is -0.442. The second-order valence-corrected chi connectivity index (χ2v) is 8.16. The Kier molecular flexibility index (Phi) is 5.14. The molecule has 0 fully saturated rings. The zero-order chi connectivity index (χ0) is 18.8. The summed E-state index contributed by atoms with van der Waals surface area (Å²) in [5, 5.41) is 14.4. The van der Waals surface area contributed by atoms with Gasteiger partial charge in [-0.15, -0.1) is 11.3 Å². The number of thiazole rings is 1. The van der Waals surface area contributed by atoms with Gasteiger partial charge in [-0.1, -0.05) is 42.5 Å². The first-order valence-corrected chi connectivity index (χ1v) is 10.2. The van der Waals surface area contributed by atoms with Crippen LogP contribution < -0.4 is 10.1 Å². The van der Waals surface area contributed by atoms with Crippen molar-refractivity contribution in [3.63, 3.8) is 0 Å². The fourth-order valence-corrected chi connectivity index (χ4v) is 4.48. The normalized spacial score (nSPS) is 16.2. The van der Waals surface area contributed by atoms with Crippen molar-refractivity contribution in [1.29, 1.82) is 0 Å². The maximum Gasteiger partial charge on any atom is 0.187 e. The van der Waals surface area contributed by atoms with Crippen LogP contribution in [0.3, 0.4) is 0 Å². The van der Waals surface area contributed by atoms with Gasteiger partial charge in [0.1, 0.15) is 0 Å². The van der Waals surface area contributed by atoms with E-state index >= 15 is 0 Å². The molecule has 0 bridgehead atoms. The van der Waals surface area contributed by atoms with Gasteiger partial charge in [-0.3, -0.25) is 0 Å². The Morgan fingerprint density at radius 3 is 2.70 bits per heavy atom. The first-order chi connectivity index (χ1) is 13.1. The summed E-state index contributed by atoms with van der Waals surface area (Å²) in [4.78, 5) is 5.83. The number of benzene rings is 2. The molecule has 1 aliphatic carbocycles. The molecule has 140 valence electrons. The quantitative estimate of drug-likeness (QED) is 0.595. The Bertz CT molecular complexity index is 921. The molecule has 2 N–H and O–H groups in total. The molecular formula is C22H24N2O2S. The number of fused-ring (bicyclic) bond motifs is 1. The van der Waals surface area contributed by atoms with Crippen LogP contribution in [0.2, 0.25) is 0 Å². The number of nitrogens with one attached hydrogen (secondary N) is 1. The lowest BCUT2D eigenvalue weighted by Gasteiger charge is -2.18. The number of aromatic nitrogens is 1. The van der Waals surface area contributed by atoms with E-state index in [1.807, 2.05) is 44.2 Å². The molecule has 0 aliphatic heterocycles. The molecule has 4 nitrogen and oxygen atoms in total. The molecule has 2 aromatic carbocycles. The average Bonchev–Trinajstić information content (AvgIpc) is 3.07. The number of aryl methyl sites for hydroxylation is 1. The highest BCUT2D eigenvalue weighted by Gasteiger charge is 2.23. The number of nitrogens with zero attached hydrogens (tertiary/aromatic N) is 1. The van der Waals surface area contributed by atoms with Crippen LogP contribution in [-0.4, -0.2) is 16.2 Å². The summed E-state index contributed by atoms with van der Waals surface area (Å²) >= 11 is 1.63. The summed E-state index contributed by atoms with van der Waals surface area (Å²) in [7, 11) is 0. The molecule has 0 radical (unpaired) electrons. The molecule has 0 amide bonds. The van der Waals surface area contributed by atoms with Crippen molar-refractivity contribution in [2.45, 2.75) is 45.3 Å². The lowest BCUT2D eigenvalue weighted by atomic mass is 10.0. The van der Waals surface area contributed by atoms with E-state index in [0.29, 0.717) is 0 Å². The molecule has 1 aromatic heterocycles. The highest BCUT2D eigenvalue weighted by Crippen LogP contribution is 2.41. The van der Waals surface area contributed by atoms with Crippen molar-refractivity contribution in [3.05, 3.63) is 59.1 Å². The molecule has 4 rings (SSSR count). The molecular weight excluding hydrogens is 356 g/mol. The molecule has 1 unspecified atom stereocenters. The third-order valence-electron chi connectivity index (χ3n) is 4.62. The summed E-state index contributed by atoms with van der Waals surface area (Å²) in [6, 6.07) is 16.4. The molecule has 27 heavy (non-hydrogen) atoms. The predicted molar refractivity (Wildman–Crippen MR) is 111 cm³/mol. The zero-order valence-corrected chi connectivity index (χ0v) is 16.4. The van der Waals surface area contributed by atoms with E-state index in [1.165, 1.54) is 4.88 Å². The van der Waals surface area contributed by atoms with Gasteiger partial charge in [0.15, 0.2) is 10.9 Å². The van der Waals surface area contributed by atoms with Gasteiger partial charge in [-0.05, 0) is 44.7 Å². The number of ether oxygens (including phenoxy) is 1. The van der Waals surface area contributed by atoms with Crippen LogP contribution in [0.5, 0.6) is 5.75 Å². The average molecular weight is 381 g/mol. The van der Waals surface area contributed by atoms with E-state index in [0.717, 1.165) is 52.7 Å². The molecule has 0 saturated carbocycles. The van der Waals surface area contributed by atoms with Gasteiger partial charge in [0.05, 0.1) is 23.6 Å². The van der Waals surface area contributed by atoms with Crippen molar-refractivity contribution in [2.24, 2.45) is 0 Å². The number of aliphatic hydroxyl groups excluding tert-OH is 1. The first kappa shape index (κ1) is 18.0. The minimum Gasteiger partial charge on any atom is -0.488 e. The van der Waals surface area contributed by atoms with Gasteiger partial charge in [0.25, 0.3) is 0 Å². The monoisotopic (exact) mass is 380 g/mol. The number of hydrogen-bond acceptors (Lipinski definition) is 5. The van der Waals surface area contributed by atoms with E-state index in [1.54, 1.807) is 11.3 Å². The van der Waals surface area contributed by atoms with Crippen LogP contribution in [0.4, 0.5) is 10.8 Å². The molecule has 1 aliphatic rings. The summed E-state index contributed by atoms with van der Waals surface area (Å²) in [5.41, 5.74) is 3.89. The van der Waals surface area contributed by atoms with Crippen molar-refractivity contribution >= 4 is 22.2 Å². The number of hydrogen-bond donors (Lipinski definition) is 2. The van der Waals surface area contributed by atoms with E-state index < -0.39 is 6.10 Å². The largest absolute Gasteiger partial charge is 0.488 e. The van der Waals surface area contributed by atoms with Crippen LogP contribution in [0.1, 0.15) is 43.4 Å². The van der Waals surface area contributed by atoms with E-state index in [9.17, 15) is 5.11 Å². The summed E-state index contributed by atoms with van der Waals surface area (Å²) in [5.74, 6) is 0.826. The summed E-state index contributed by atoms with van der Waals surface area (Å²) < 4.78 is 6.19. The summed E-state index contributed by atoms with van der Waals surface area (Å²) in [6.45, 7) is 4.06. The van der Waals surface area contributed by atoms with Gasteiger partial charge < -0.3 is 15.2 Å². The highest BCUT2D eigenvalue weighted by atomic mass is 32.1. The third kappa shape index (κ3) is 3.84. The van der Waals surface area contributed by atoms with E-state index in [2.05, 4.69) is 28.5 Å². The van der Waals surface area contributed by atoms with Gasteiger partial charge >= 0.3 is 0 Å². The Labute approximate surface area is 163 Å². The van der Waals surface area contributed by atoms with Crippen LogP contribution >= 0.6 is 11.3 Å². The second kappa shape index (κ2) is 7.71. The zero-order valence-electron chi connectivity index (χ0n) is 15.6. The molecule has 5 heteroatoms. The Morgan fingerprint density at radius 1 is 1.15 bits per heavy atom. The fraction of sp³-hybridized carbons (Fsp3) is 0.318. The maximum absolute atomic E-state index is 10.2. The lowest BCUT2D eigenvalue weighted by molar-refractivity contribution is 0.153. The lowest BCUT2D eigenvalue weighted by Crippen LogP contribution is -2.09. The number of aliphatic hydroxyl groups is 1. The van der Waals surface area contributed by atoms with Crippen molar-refractivity contribution in [3.8, 4) is 16.9 Å². The third-order valence-corrected chi connectivity index (χ3v) is 5.67. The van der Waals surface area contributed by atoms with Crippen molar-refractivity contribution < 1.29 is 9.84 Å². The first-order valence-electron chi connectivity index (χ1n) is 9.41. The van der Waals surface area contributed by atoms with Crippen molar-refractivity contribution in [2.75, 3.05) is 5.32 Å². The molecule has 1 heterocycles. The Morgan fingerprint density at radius 2 is 1.96 bits per heavy atom. The van der Waals surface area contributed by atoms with Gasteiger partial charge in [0.2, 0.25) is 0 Å².